The summed E-state index contributed by atoms with van der Waals surface area (Å²) in [7, 11) is 1.71. The Labute approximate surface area is 130 Å². The Balaban J connectivity index is 1.62. The SMILES string of the molecule is COc1ccc(CN2CCN3CCCCC3C2)cc1Br. The maximum Gasteiger partial charge on any atom is 0.133 e. The van der Waals surface area contributed by atoms with E-state index in [1.807, 2.05) is 0 Å². The molecule has 2 heterocycles. The van der Waals surface area contributed by atoms with Gasteiger partial charge in [-0.3, -0.25) is 9.80 Å². The Hall–Kier alpha value is -0.580. The number of ether oxygens (including phenoxy) is 1. The smallest absolute Gasteiger partial charge is 0.133 e. The van der Waals surface area contributed by atoms with E-state index < -0.39 is 0 Å². The summed E-state index contributed by atoms with van der Waals surface area (Å²) in [4.78, 5) is 5.28. The first kappa shape index (κ1) is 14.4. The number of piperazine rings is 1. The second-order valence-corrected chi connectivity index (χ2v) is 6.74. The van der Waals surface area contributed by atoms with Gasteiger partial charge in [0.25, 0.3) is 0 Å². The van der Waals surface area contributed by atoms with Crippen LogP contribution in [-0.2, 0) is 6.54 Å². The first-order chi connectivity index (χ1) is 9.76. The number of methoxy groups -OCH3 is 1. The molecule has 2 aliphatic rings. The molecule has 1 unspecified atom stereocenters. The largest absolute Gasteiger partial charge is 0.496 e. The van der Waals surface area contributed by atoms with Crippen LogP contribution in [-0.4, -0.2) is 49.1 Å². The van der Waals surface area contributed by atoms with Gasteiger partial charge in [-0.05, 0) is 53.0 Å². The van der Waals surface area contributed by atoms with Crippen molar-refractivity contribution in [1.29, 1.82) is 0 Å². The summed E-state index contributed by atoms with van der Waals surface area (Å²) in [6, 6.07) is 7.21. The van der Waals surface area contributed by atoms with Crippen LogP contribution in [0, 0.1) is 0 Å². The lowest BCUT2D eigenvalue weighted by atomic mass is 9.99. The van der Waals surface area contributed by atoms with Gasteiger partial charge in [0, 0.05) is 32.2 Å². The second-order valence-electron chi connectivity index (χ2n) is 5.89. The molecule has 20 heavy (non-hydrogen) atoms. The molecule has 1 aromatic rings. The van der Waals surface area contributed by atoms with Crippen LogP contribution in [0.15, 0.2) is 22.7 Å². The molecule has 0 N–H and O–H groups in total. The van der Waals surface area contributed by atoms with E-state index in [1.54, 1.807) is 7.11 Å². The number of piperidine rings is 1. The number of hydrogen-bond donors (Lipinski definition) is 0. The summed E-state index contributed by atoms with van der Waals surface area (Å²) in [5, 5.41) is 0. The third-order valence-electron chi connectivity index (χ3n) is 4.54. The molecule has 3 rings (SSSR count). The molecule has 2 fully saturated rings. The highest BCUT2D eigenvalue weighted by atomic mass is 79.9. The molecule has 0 aliphatic carbocycles. The molecule has 0 radical (unpaired) electrons. The lowest BCUT2D eigenvalue weighted by molar-refractivity contribution is 0.0457. The summed E-state index contributed by atoms with van der Waals surface area (Å²) < 4.78 is 6.34. The van der Waals surface area contributed by atoms with Crippen LogP contribution in [0.25, 0.3) is 0 Å². The summed E-state index contributed by atoms with van der Waals surface area (Å²) in [6.45, 7) is 6.02. The average molecular weight is 339 g/mol. The van der Waals surface area contributed by atoms with Crippen molar-refractivity contribution in [1.82, 2.24) is 9.80 Å². The lowest BCUT2D eigenvalue weighted by Gasteiger charge is -2.44. The molecule has 0 bridgehead atoms. The van der Waals surface area contributed by atoms with E-state index in [0.717, 1.165) is 22.8 Å². The van der Waals surface area contributed by atoms with E-state index in [0.29, 0.717) is 0 Å². The number of halogens is 1. The van der Waals surface area contributed by atoms with Crippen molar-refractivity contribution < 1.29 is 4.74 Å². The van der Waals surface area contributed by atoms with Gasteiger partial charge in [-0.2, -0.15) is 0 Å². The average Bonchev–Trinajstić information content (AvgIpc) is 2.47. The maximum absolute atomic E-state index is 5.29. The van der Waals surface area contributed by atoms with Crippen molar-refractivity contribution in [2.45, 2.75) is 31.8 Å². The lowest BCUT2D eigenvalue weighted by Crippen LogP contribution is -2.54. The van der Waals surface area contributed by atoms with Crippen LogP contribution < -0.4 is 4.74 Å². The number of nitrogens with zero attached hydrogens (tertiary/aromatic N) is 2. The van der Waals surface area contributed by atoms with Gasteiger partial charge in [-0.1, -0.05) is 12.5 Å². The molecule has 2 aliphatic heterocycles. The minimum absolute atomic E-state index is 0.791. The standard InChI is InChI=1S/C16H23BrN2O/c1-20-16-6-5-13(10-15(16)17)11-18-8-9-19-7-3-2-4-14(19)12-18/h5-6,10,14H,2-4,7-9,11-12H2,1H3. The minimum atomic E-state index is 0.791. The zero-order chi connectivity index (χ0) is 13.9. The summed E-state index contributed by atoms with van der Waals surface area (Å²) in [5.74, 6) is 0.908. The van der Waals surface area contributed by atoms with Gasteiger partial charge in [0.15, 0.2) is 0 Å². The molecule has 0 aromatic heterocycles. The van der Waals surface area contributed by atoms with Crippen molar-refractivity contribution in [3.05, 3.63) is 28.2 Å². The van der Waals surface area contributed by atoms with Crippen LogP contribution in [0.2, 0.25) is 0 Å². The maximum atomic E-state index is 5.29. The molecule has 110 valence electrons. The van der Waals surface area contributed by atoms with E-state index in [1.165, 1.54) is 51.0 Å². The Bertz CT molecular complexity index is 466. The van der Waals surface area contributed by atoms with Crippen molar-refractivity contribution in [3.8, 4) is 5.75 Å². The molecule has 2 saturated heterocycles. The van der Waals surface area contributed by atoms with E-state index >= 15 is 0 Å². The molecule has 1 atom stereocenters. The molecule has 4 heteroatoms. The first-order valence-electron chi connectivity index (χ1n) is 7.55. The Morgan fingerprint density at radius 2 is 2.15 bits per heavy atom. The molecular formula is C16H23BrN2O. The number of rotatable bonds is 3. The highest BCUT2D eigenvalue weighted by Gasteiger charge is 2.28. The first-order valence-corrected chi connectivity index (χ1v) is 8.34. The molecular weight excluding hydrogens is 316 g/mol. The van der Waals surface area contributed by atoms with Crippen molar-refractivity contribution in [2.24, 2.45) is 0 Å². The van der Waals surface area contributed by atoms with Crippen LogP contribution >= 0.6 is 15.9 Å². The summed E-state index contributed by atoms with van der Waals surface area (Å²) in [5.41, 5.74) is 1.36. The fourth-order valence-corrected chi connectivity index (χ4v) is 4.02. The second kappa shape index (κ2) is 6.46. The highest BCUT2D eigenvalue weighted by molar-refractivity contribution is 9.10. The minimum Gasteiger partial charge on any atom is -0.496 e. The van der Waals surface area contributed by atoms with Gasteiger partial charge in [0.05, 0.1) is 11.6 Å². The van der Waals surface area contributed by atoms with Gasteiger partial charge in [0.2, 0.25) is 0 Å². The highest BCUT2D eigenvalue weighted by Crippen LogP contribution is 2.27. The number of fused-ring (bicyclic) bond motifs is 1. The zero-order valence-corrected chi connectivity index (χ0v) is 13.7. The topological polar surface area (TPSA) is 15.7 Å². The third-order valence-corrected chi connectivity index (χ3v) is 5.16. The summed E-state index contributed by atoms with van der Waals surface area (Å²) in [6.07, 6.45) is 4.17. The fourth-order valence-electron chi connectivity index (χ4n) is 3.43. The van der Waals surface area contributed by atoms with Crippen molar-refractivity contribution in [3.63, 3.8) is 0 Å². The van der Waals surface area contributed by atoms with Crippen molar-refractivity contribution in [2.75, 3.05) is 33.3 Å². The van der Waals surface area contributed by atoms with Gasteiger partial charge in [0.1, 0.15) is 5.75 Å². The van der Waals surface area contributed by atoms with E-state index in [2.05, 4.69) is 43.9 Å². The van der Waals surface area contributed by atoms with Gasteiger partial charge < -0.3 is 4.74 Å². The van der Waals surface area contributed by atoms with Gasteiger partial charge >= 0.3 is 0 Å². The van der Waals surface area contributed by atoms with Crippen LogP contribution in [0.3, 0.4) is 0 Å². The van der Waals surface area contributed by atoms with Crippen molar-refractivity contribution >= 4 is 15.9 Å². The van der Waals surface area contributed by atoms with E-state index in [4.69, 9.17) is 4.74 Å². The Morgan fingerprint density at radius 3 is 2.95 bits per heavy atom. The number of benzene rings is 1. The van der Waals surface area contributed by atoms with E-state index in [-0.39, 0.29) is 0 Å². The van der Waals surface area contributed by atoms with E-state index in [9.17, 15) is 0 Å². The predicted molar refractivity (Wildman–Crippen MR) is 85.2 cm³/mol. The van der Waals surface area contributed by atoms with Crippen LogP contribution in [0.5, 0.6) is 5.75 Å². The molecule has 0 saturated carbocycles. The third kappa shape index (κ3) is 3.18. The number of hydrogen-bond acceptors (Lipinski definition) is 3. The molecule has 1 aromatic carbocycles. The normalized spacial score (nSPS) is 24.4. The molecule has 3 nitrogen and oxygen atoms in total. The summed E-state index contributed by atoms with van der Waals surface area (Å²) >= 11 is 3.58. The van der Waals surface area contributed by atoms with Crippen LogP contribution in [0.4, 0.5) is 0 Å². The van der Waals surface area contributed by atoms with Gasteiger partial charge in [-0.15, -0.1) is 0 Å². The molecule has 0 amide bonds. The van der Waals surface area contributed by atoms with Crippen LogP contribution in [0.1, 0.15) is 24.8 Å². The fraction of sp³-hybridized carbons (Fsp3) is 0.625. The molecule has 0 spiro atoms. The monoisotopic (exact) mass is 338 g/mol. The zero-order valence-electron chi connectivity index (χ0n) is 12.1. The Morgan fingerprint density at radius 1 is 1.25 bits per heavy atom. The quantitative estimate of drug-likeness (QED) is 0.842. The predicted octanol–water partition coefficient (Wildman–Crippen LogP) is 3.13. The van der Waals surface area contributed by atoms with Gasteiger partial charge in [-0.25, -0.2) is 0 Å². The Kier molecular flexibility index (Phi) is 4.64.